The van der Waals surface area contributed by atoms with E-state index in [4.69, 9.17) is 5.73 Å². The number of carbonyl (C=O) groups excluding carboxylic acids is 1. The molecule has 2 atom stereocenters. The minimum Gasteiger partial charge on any atom is -0.336 e. The zero-order valence-corrected chi connectivity index (χ0v) is 16.2. The summed E-state index contributed by atoms with van der Waals surface area (Å²) in [4.78, 5) is 14.7. The maximum atomic E-state index is 12.8. The van der Waals surface area contributed by atoms with Gasteiger partial charge in [-0.2, -0.15) is 0 Å². The number of likely N-dealkylation sites (tertiary alicyclic amines) is 1. The van der Waals surface area contributed by atoms with Gasteiger partial charge in [0.1, 0.15) is 0 Å². The van der Waals surface area contributed by atoms with Crippen LogP contribution in [-0.4, -0.2) is 38.4 Å². The molecule has 2 unspecified atom stereocenters. The lowest BCUT2D eigenvalue weighted by molar-refractivity contribution is 0.0743. The number of carbonyl (C=O) groups is 1. The number of nitrogens with two attached hydrogens (primary N) is 1. The van der Waals surface area contributed by atoms with Crippen molar-refractivity contribution < 1.29 is 13.2 Å². The van der Waals surface area contributed by atoms with E-state index in [0.29, 0.717) is 24.6 Å². The largest absolute Gasteiger partial charge is 0.336 e. The molecular formula is C20H25N3O3S. The molecule has 0 aromatic heterocycles. The van der Waals surface area contributed by atoms with Gasteiger partial charge in [-0.25, -0.2) is 13.1 Å². The van der Waals surface area contributed by atoms with Gasteiger partial charge in [0.25, 0.3) is 5.91 Å². The van der Waals surface area contributed by atoms with Crippen LogP contribution < -0.4 is 10.5 Å². The number of rotatable bonds is 6. The van der Waals surface area contributed by atoms with Crippen molar-refractivity contribution in [3.05, 3.63) is 65.7 Å². The Hall–Kier alpha value is -2.22. The second kappa shape index (κ2) is 8.21. The molecule has 0 bridgehead atoms. The summed E-state index contributed by atoms with van der Waals surface area (Å²) in [7, 11) is -3.71. The van der Waals surface area contributed by atoms with Crippen LogP contribution in [0.5, 0.6) is 0 Å². The van der Waals surface area contributed by atoms with Crippen molar-refractivity contribution in [3.8, 4) is 0 Å². The minimum absolute atomic E-state index is 0.0894. The number of sulfonamides is 1. The smallest absolute Gasteiger partial charge is 0.254 e. The van der Waals surface area contributed by atoms with Crippen LogP contribution in [0.4, 0.5) is 0 Å². The summed E-state index contributed by atoms with van der Waals surface area (Å²) in [5.41, 5.74) is 6.98. The van der Waals surface area contributed by atoms with Crippen molar-refractivity contribution in [2.45, 2.75) is 30.8 Å². The summed E-state index contributed by atoms with van der Waals surface area (Å²) in [5.74, 6) is 0.141. The molecule has 7 heteroatoms. The number of nitrogens with one attached hydrogen (secondary N) is 1. The highest BCUT2D eigenvalue weighted by Crippen LogP contribution is 2.25. The first-order chi connectivity index (χ1) is 12.9. The van der Waals surface area contributed by atoms with E-state index in [2.05, 4.69) is 4.72 Å². The van der Waals surface area contributed by atoms with Gasteiger partial charge in [0, 0.05) is 24.7 Å². The van der Waals surface area contributed by atoms with E-state index in [1.165, 1.54) is 12.1 Å². The van der Waals surface area contributed by atoms with Crippen molar-refractivity contribution >= 4 is 15.9 Å². The fourth-order valence-electron chi connectivity index (χ4n) is 3.42. The molecule has 3 N–H and O–H groups in total. The molecular weight excluding hydrogens is 362 g/mol. The Morgan fingerprint density at radius 1 is 1.19 bits per heavy atom. The van der Waals surface area contributed by atoms with E-state index in [1.54, 1.807) is 17.0 Å². The zero-order chi connectivity index (χ0) is 19.4. The van der Waals surface area contributed by atoms with Crippen LogP contribution in [-0.2, 0) is 16.6 Å². The Balaban J connectivity index is 1.75. The van der Waals surface area contributed by atoms with Crippen molar-refractivity contribution in [3.63, 3.8) is 0 Å². The van der Waals surface area contributed by atoms with Crippen molar-refractivity contribution in [2.75, 3.05) is 13.1 Å². The van der Waals surface area contributed by atoms with Crippen molar-refractivity contribution in [1.29, 1.82) is 0 Å². The fourth-order valence-corrected chi connectivity index (χ4v) is 4.48. The second-order valence-corrected chi connectivity index (χ2v) is 8.75. The predicted molar refractivity (Wildman–Crippen MR) is 105 cm³/mol. The van der Waals surface area contributed by atoms with Gasteiger partial charge in [0.2, 0.25) is 10.0 Å². The molecule has 1 saturated heterocycles. The summed E-state index contributed by atoms with van der Waals surface area (Å²) < 4.78 is 27.8. The highest BCUT2D eigenvalue weighted by molar-refractivity contribution is 7.89. The van der Waals surface area contributed by atoms with Crippen molar-refractivity contribution in [2.24, 2.45) is 11.7 Å². The quantitative estimate of drug-likeness (QED) is 0.793. The number of amides is 1. The Bertz CT molecular complexity index is 900. The SMILES string of the molecule is CC1CC(CN)CN1C(=O)c1cccc(S(=O)(=O)NCc2ccccc2)c1. The van der Waals surface area contributed by atoms with Gasteiger partial charge >= 0.3 is 0 Å². The molecule has 6 nitrogen and oxygen atoms in total. The summed E-state index contributed by atoms with van der Waals surface area (Å²) in [6.07, 6.45) is 0.874. The lowest BCUT2D eigenvalue weighted by atomic mass is 10.1. The first-order valence-electron chi connectivity index (χ1n) is 9.05. The summed E-state index contributed by atoms with van der Waals surface area (Å²) in [6.45, 7) is 3.35. The summed E-state index contributed by atoms with van der Waals surface area (Å²) >= 11 is 0. The number of hydrogen-bond donors (Lipinski definition) is 2. The van der Waals surface area contributed by atoms with Gasteiger partial charge in [-0.3, -0.25) is 4.79 Å². The van der Waals surface area contributed by atoms with E-state index >= 15 is 0 Å². The van der Waals surface area contributed by atoms with Gasteiger partial charge in [0.15, 0.2) is 0 Å². The molecule has 1 aliphatic rings. The van der Waals surface area contributed by atoms with Crippen LogP contribution in [0, 0.1) is 5.92 Å². The molecule has 2 aromatic rings. The third-order valence-electron chi connectivity index (χ3n) is 4.96. The van der Waals surface area contributed by atoms with Crippen LogP contribution >= 0.6 is 0 Å². The molecule has 0 radical (unpaired) electrons. The normalized spacial score (nSPS) is 20.0. The van der Waals surface area contributed by atoms with Crippen LogP contribution in [0.2, 0.25) is 0 Å². The van der Waals surface area contributed by atoms with E-state index in [9.17, 15) is 13.2 Å². The van der Waals surface area contributed by atoms with E-state index in [0.717, 1.165) is 12.0 Å². The Morgan fingerprint density at radius 3 is 2.59 bits per heavy atom. The Labute approximate surface area is 160 Å². The minimum atomic E-state index is -3.71. The topological polar surface area (TPSA) is 92.5 Å². The van der Waals surface area contributed by atoms with E-state index in [-0.39, 0.29) is 23.4 Å². The maximum Gasteiger partial charge on any atom is 0.254 e. The Morgan fingerprint density at radius 2 is 1.93 bits per heavy atom. The van der Waals surface area contributed by atoms with Crippen LogP contribution in [0.3, 0.4) is 0 Å². The van der Waals surface area contributed by atoms with Gasteiger partial charge in [-0.1, -0.05) is 36.4 Å². The first-order valence-corrected chi connectivity index (χ1v) is 10.5. The van der Waals surface area contributed by atoms with E-state index in [1.807, 2.05) is 37.3 Å². The number of hydrogen-bond acceptors (Lipinski definition) is 4. The highest BCUT2D eigenvalue weighted by atomic mass is 32.2. The second-order valence-electron chi connectivity index (χ2n) is 6.98. The average Bonchev–Trinajstić information content (AvgIpc) is 3.07. The lowest BCUT2D eigenvalue weighted by Gasteiger charge is -2.22. The maximum absolute atomic E-state index is 12.8. The van der Waals surface area contributed by atoms with Crippen LogP contribution in [0.15, 0.2) is 59.5 Å². The first kappa shape index (κ1) is 19.5. The Kier molecular flexibility index (Phi) is 5.94. The average molecular weight is 388 g/mol. The molecule has 27 heavy (non-hydrogen) atoms. The molecule has 2 aromatic carbocycles. The lowest BCUT2D eigenvalue weighted by Crippen LogP contribution is -2.34. The molecule has 1 amide bonds. The molecule has 1 heterocycles. The third kappa shape index (κ3) is 4.55. The van der Waals surface area contributed by atoms with E-state index < -0.39 is 10.0 Å². The van der Waals surface area contributed by atoms with Crippen LogP contribution in [0.25, 0.3) is 0 Å². The molecule has 144 valence electrons. The van der Waals surface area contributed by atoms with Gasteiger partial charge in [-0.15, -0.1) is 0 Å². The standard InChI is InChI=1S/C20H25N3O3S/c1-15-10-17(12-21)14-23(15)20(24)18-8-5-9-19(11-18)27(25,26)22-13-16-6-3-2-4-7-16/h2-9,11,15,17,22H,10,12-14,21H2,1H3. The highest BCUT2D eigenvalue weighted by Gasteiger charge is 2.32. The predicted octanol–water partition coefficient (Wildman–Crippen LogP) is 1.97. The van der Waals surface area contributed by atoms with Crippen molar-refractivity contribution in [1.82, 2.24) is 9.62 Å². The fraction of sp³-hybridized carbons (Fsp3) is 0.350. The molecule has 1 fully saturated rings. The van der Waals surface area contributed by atoms with Gasteiger partial charge < -0.3 is 10.6 Å². The number of nitrogens with zero attached hydrogens (tertiary/aromatic N) is 1. The zero-order valence-electron chi connectivity index (χ0n) is 15.3. The van der Waals surface area contributed by atoms with Gasteiger partial charge in [-0.05, 0) is 49.6 Å². The summed E-state index contributed by atoms with van der Waals surface area (Å²) in [6, 6.07) is 15.6. The monoisotopic (exact) mass is 387 g/mol. The van der Waals surface area contributed by atoms with Gasteiger partial charge in [0.05, 0.1) is 4.90 Å². The molecule has 0 aliphatic carbocycles. The van der Waals surface area contributed by atoms with Crippen LogP contribution in [0.1, 0.15) is 29.3 Å². The third-order valence-corrected chi connectivity index (χ3v) is 6.35. The number of benzene rings is 2. The summed E-state index contributed by atoms with van der Waals surface area (Å²) in [5, 5.41) is 0. The molecule has 0 saturated carbocycles. The molecule has 3 rings (SSSR count). The molecule has 1 aliphatic heterocycles. The molecule has 0 spiro atoms.